The summed E-state index contributed by atoms with van der Waals surface area (Å²) < 4.78 is 7.05. The summed E-state index contributed by atoms with van der Waals surface area (Å²) in [6, 6.07) is 13.7. The van der Waals surface area contributed by atoms with Gasteiger partial charge in [-0.2, -0.15) is 0 Å². The molecule has 8 nitrogen and oxygen atoms in total. The molecule has 1 heterocycles. The number of thioether (sulfide) groups is 1. The van der Waals surface area contributed by atoms with Gasteiger partial charge in [0.2, 0.25) is 5.91 Å². The number of methoxy groups -OCH3 is 1. The summed E-state index contributed by atoms with van der Waals surface area (Å²) in [7, 11) is 1.59. The Hall–Kier alpha value is -3.04. The van der Waals surface area contributed by atoms with Crippen LogP contribution in [0.3, 0.4) is 0 Å². The van der Waals surface area contributed by atoms with Gasteiger partial charge in [0.25, 0.3) is 5.91 Å². The van der Waals surface area contributed by atoms with Gasteiger partial charge in [-0.1, -0.05) is 49.3 Å². The fraction of sp³-hybridized carbons (Fsp3) is 0.333. The SMILES string of the molecule is CCn1c(SCC(=O)Nc2ccc(OC)cc2)nnc1[C@@H](NC(=O)c1ccccc1Cl)C(C)C. The number of anilines is 1. The number of aromatic nitrogens is 3. The predicted molar refractivity (Wildman–Crippen MR) is 135 cm³/mol. The van der Waals surface area contributed by atoms with E-state index in [4.69, 9.17) is 16.3 Å². The van der Waals surface area contributed by atoms with Gasteiger partial charge in [0.05, 0.1) is 29.5 Å². The quantitative estimate of drug-likeness (QED) is 0.386. The highest BCUT2D eigenvalue weighted by Crippen LogP contribution is 2.26. The molecule has 0 spiro atoms. The molecule has 2 amide bonds. The van der Waals surface area contributed by atoms with Gasteiger partial charge in [0, 0.05) is 12.2 Å². The first-order chi connectivity index (χ1) is 16.3. The molecule has 3 rings (SSSR count). The van der Waals surface area contributed by atoms with E-state index < -0.39 is 0 Å². The second-order valence-corrected chi connectivity index (χ2v) is 9.18. The molecule has 0 saturated carbocycles. The van der Waals surface area contributed by atoms with Crippen LogP contribution in [0.1, 0.15) is 43.0 Å². The van der Waals surface area contributed by atoms with Crippen molar-refractivity contribution < 1.29 is 14.3 Å². The highest BCUT2D eigenvalue weighted by atomic mass is 35.5. The maximum Gasteiger partial charge on any atom is 0.253 e. The Balaban J connectivity index is 1.70. The van der Waals surface area contributed by atoms with Gasteiger partial charge >= 0.3 is 0 Å². The summed E-state index contributed by atoms with van der Waals surface area (Å²) >= 11 is 7.49. The molecule has 0 saturated heterocycles. The number of amides is 2. The van der Waals surface area contributed by atoms with Gasteiger partial charge < -0.3 is 19.9 Å². The molecular weight excluding hydrogens is 474 g/mol. The summed E-state index contributed by atoms with van der Waals surface area (Å²) in [5.74, 6) is 1.14. The average molecular weight is 502 g/mol. The molecule has 0 aliphatic carbocycles. The minimum absolute atomic E-state index is 0.0529. The maximum absolute atomic E-state index is 12.9. The van der Waals surface area contributed by atoms with E-state index in [1.165, 1.54) is 11.8 Å². The van der Waals surface area contributed by atoms with Crippen LogP contribution in [0.15, 0.2) is 53.7 Å². The largest absolute Gasteiger partial charge is 0.497 e. The second-order valence-electron chi connectivity index (χ2n) is 7.83. The third-order valence-electron chi connectivity index (χ3n) is 5.12. The van der Waals surface area contributed by atoms with Crippen LogP contribution in [-0.4, -0.2) is 39.4 Å². The van der Waals surface area contributed by atoms with Crippen LogP contribution < -0.4 is 15.4 Å². The number of carbonyl (C=O) groups excluding carboxylic acids is 2. The number of nitrogens with one attached hydrogen (secondary N) is 2. The number of rotatable bonds is 10. The molecule has 34 heavy (non-hydrogen) atoms. The highest BCUT2D eigenvalue weighted by Gasteiger charge is 2.26. The minimum Gasteiger partial charge on any atom is -0.497 e. The van der Waals surface area contributed by atoms with Crippen LogP contribution in [0.5, 0.6) is 5.75 Å². The topological polar surface area (TPSA) is 98.1 Å². The third-order valence-corrected chi connectivity index (χ3v) is 6.41. The van der Waals surface area contributed by atoms with Crippen LogP contribution in [0.4, 0.5) is 5.69 Å². The molecule has 1 atom stereocenters. The zero-order chi connectivity index (χ0) is 24.7. The van der Waals surface area contributed by atoms with E-state index in [1.54, 1.807) is 55.6 Å². The molecule has 10 heteroatoms. The lowest BCUT2D eigenvalue weighted by molar-refractivity contribution is -0.113. The molecule has 0 fully saturated rings. The molecule has 0 unspecified atom stereocenters. The first kappa shape index (κ1) is 25.6. The Morgan fingerprint density at radius 3 is 2.44 bits per heavy atom. The van der Waals surface area contributed by atoms with Crippen LogP contribution in [-0.2, 0) is 11.3 Å². The highest BCUT2D eigenvalue weighted by molar-refractivity contribution is 7.99. The fourth-order valence-corrected chi connectivity index (χ4v) is 4.36. The lowest BCUT2D eigenvalue weighted by Gasteiger charge is -2.22. The lowest BCUT2D eigenvalue weighted by Crippen LogP contribution is -2.34. The molecule has 3 aromatic rings. The van der Waals surface area contributed by atoms with Gasteiger partial charge in [0.15, 0.2) is 11.0 Å². The summed E-state index contributed by atoms with van der Waals surface area (Å²) in [5.41, 5.74) is 1.09. The van der Waals surface area contributed by atoms with Crippen molar-refractivity contribution in [2.24, 2.45) is 5.92 Å². The molecule has 2 aromatic carbocycles. The zero-order valence-corrected chi connectivity index (χ0v) is 21.1. The Morgan fingerprint density at radius 2 is 1.82 bits per heavy atom. The molecule has 180 valence electrons. The third kappa shape index (κ3) is 6.30. The van der Waals surface area contributed by atoms with Gasteiger partial charge in [-0.15, -0.1) is 10.2 Å². The maximum atomic E-state index is 12.9. The van der Waals surface area contributed by atoms with Crippen molar-refractivity contribution in [1.29, 1.82) is 0 Å². The van der Waals surface area contributed by atoms with Crippen LogP contribution in [0.25, 0.3) is 0 Å². The first-order valence-corrected chi connectivity index (χ1v) is 12.3. The van der Waals surface area contributed by atoms with Crippen molar-refractivity contribution in [2.45, 2.75) is 38.5 Å². The van der Waals surface area contributed by atoms with Crippen molar-refractivity contribution in [1.82, 2.24) is 20.1 Å². The Labute approximate surface area is 208 Å². The van der Waals surface area contributed by atoms with E-state index in [-0.39, 0.29) is 29.5 Å². The summed E-state index contributed by atoms with van der Waals surface area (Å²) in [5, 5.41) is 15.5. The zero-order valence-electron chi connectivity index (χ0n) is 19.5. The molecule has 2 N–H and O–H groups in total. The number of hydrogen-bond donors (Lipinski definition) is 2. The van der Waals surface area contributed by atoms with Crippen molar-refractivity contribution in [3.05, 3.63) is 64.9 Å². The number of benzene rings is 2. The second kappa shape index (κ2) is 11.9. The Morgan fingerprint density at radius 1 is 1.12 bits per heavy atom. The standard InChI is InChI=1S/C24H28ClN5O3S/c1-5-30-22(21(15(2)3)27-23(32)18-8-6-7-9-19(18)25)28-29-24(30)34-14-20(31)26-16-10-12-17(33-4)13-11-16/h6-13,15,21H,5,14H2,1-4H3,(H,26,31)(H,27,32)/t21-/m0/s1. The summed E-state index contributed by atoms with van der Waals surface area (Å²) in [6.07, 6.45) is 0. The summed E-state index contributed by atoms with van der Waals surface area (Å²) in [4.78, 5) is 25.3. The number of ether oxygens (including phenoxy) is 1. The van der Waals surface area contributed by atoms with Gasteiger partial charge in [-0.3, -0.25) is 9.59 Å². The molecule has 0 aliphatic heterocycles. The van der Waals surface area contributed by atoms with E-state index in [1.807, 2.05) is 25.3 Å². The van der Waals surface area contributed by atoms with E-state index >= 15 is 0 Å². The lowest BCUT2D eigenvalue weighted by atomic mass is 10.0. The van der Waals surface area contributed by atoms with Crippen LogP contribution >= 0.6 is 23.4 Å². The molecule has 0 radical (unpaired) electrons. The molecule has 1 aromatic heterocycles. The number of nitrogens with zero attached hydrogens (tertiary/aromatic N) is 3. The van der Waals surface area contributed by atoms with E-state index in [0.717, 1.165) is 5.75 Å². The monoisotopic (exact) mass is 501 g/mol. The number of halogens is 1. The van der Waals surface area contributed by atoms with Crippen molar-refractivity contribution in [2.75, 3.05) is 18.2 Å². The fourth-order valence-electron chi connectivity index (χ4n) is 3.33. The van der Waals surface area contributed by atoms with Gasteiger partial charge in [-0.05, 0) is 49.2 Å². The van der Waals surface area contributed by atoms with Crippen molar-refractivity contribution in [3.63, 3.8) is 0 Å². The summed E-state index contributed by atoms with van der Waals surface area (Å²) in [6.45, 7) is 6.57. The number of hydrogen-bond acceptors (Lipinski definition) is 6. The average Bonchev–Trinajstić information content (AvgIpc) is 3.24. The molecule has 0 aliphatic rings. The Bertz CT molecular complexity index is 1130. The predicted octanol–water partition coefficient (Wildman–Crippen LogP) is 4.82. The Kier molecular flexibility index (Phi) is 8.95. The van der Waals surface area contributed by atoms with E-state index in [9.17, 15) is 9.59 Å². The van der Waals surface area contributed by atoms with E-state index in [0.29, 0.717) is 33.8 Å². The van der Waals surface area contributed by atoms with Gasteiger partial charge in [0.1, 0.15) is 5.75 Å². The number of carbonyl (C=O) groups is 2. The van der Waals surface area contributed by atoms with Crippen LogP contribution in [0, 0.1) is 5.92 Å². The van der Waals surface area contributed by atoms with E-state index in [2.05, 4.69) is 20.8 Å². The van der Waals surface area contributed by atoms with Gasteiger partial charge in [-0.25, -0.2) is 0 Å². The minimum atomic E-state index is -0.376. The first-order valence-electron chi connectivity index (χ1n) is 10.9. The van der Waals surface area contributed by atoms with Crippen molar-refractivity contribution >= 4 is 40.9 Å². The smallest absolute Gasteiger partial charge is 0.253 e. The molecular formula is C24H28ClN5O3S. The van der Waals surface area contributed by atoms with Crippen LogP contribution in [0.2, 0.25) is 5.02 Å². The molecule has 0 bridgehead atoms. The normalized spacial score (nSPS) is 11.8. The van der Waals surface area contributed by atoms with Crippen molar-refractivity contribution in [3.8, 4) is 5.75 Å².